The fraction of sp³-hybridized carbons (Fsp3) is 0.250. The number of rotatable bonds is 4. The molecule has 2 rings (SSSR count). The summed E-state index contributed by atoms with van der Waals surface area (Å²) in [6.45, 7) is 5.16. The van der Waals surface area contributed by atoms with Crippen molar-refractivity contribution in [1.82, 2.24) is 9.71 Å². The first-order chi connectivity index (χ1) is 11.0. The second-order valence-corrected chi connectivity index (χ2v) is 8.00. The molecule has 0 aliphatic carbocycles. The Bertz CT molecular complexity index is 939. The number of pyridine rings is 1. The minimum absolute atomic E-state index is 0.0115. The van der Waals surface area contributed by atoms with Crippen molar-refractivity contribution in [1.29, 1.82) is 0 Å². The molecule has 7 nitrogen and oxygen atoms in total. The summed E-state index contributed by atoms with van der Waals surface area (Å²) in [4.78, 5) is 25.1. The highest BCUT2D eigenvalue weighted by Gasteiger charge is 2.23. The van der Waals surface area contributed by atoms with E-state index >= 15 is 0 Å². The van der Waals surface area contributed by atoms with Crippen molar-refractivity contribution in [2.24, 2.45) is 0 Å². The number of sulfonamides is 1. The van der Waals surface area contributed by atoms with Crippen LogP contribution in [0.25, 0.3) is 11.1 Å². The van der Waals surface area contributed by atoms with Crippen LogP contribution in [0.15, 0.2) is 46.2 Å². The second-order valence-electron chi connectivity index (χ2n) is 6.31. The highest BCUT2D eigenvalue weighted by molar-refractivity contribution is 7.89. The van der Waals surface area contributed by atoms with Crippen molar-refractivity contribution in [2.45, 2.75) is 31.2 Å². The molecule has 24 heavy (non-hydrogen) atoms. The summed E-state index contributed by atoms with van der Waals surface area (Å²) < 4.78 is 27.4. The van der Waals surface area contributed by atoms with Gasteiger partial charge in [-0.25, -0.2) is 17.9 Å². The number of carboxylic acid groups (broad SMARTS) is 1. The number of carbonyl (C=O) groups is 1. The molecule has 0 amide bonds. The standard InChI is InChI=1S/C16H18N2O5S/c1-16(2,3)18-24(22,23)11-6-4-5-10(7-11)13-9-17-14(19)8-12(13)15(20)21/h4-9,18H,1-3H3,(H,17,19)(H,20,21). The number of benzene rings is 1. The molecule has 1 heterocycles. The van der Waals surface area contributed by atoms with Gasteiger partial charge in [0.25, 0.3) is 0 Å². The third kappa shape index (κ3) is 4.09. The predicted molar refractivity (Wildman–Crippen MR) is 89.5 cm³/mol. The third-order valence-corrected chi connectivity index (χ3v) is 4.81. The molecular weight excluding hydrogens is 332 g/mol. The predicted octanol–water partition coefficient (Wildman–Crippen LogP) is 1.82. The Morgan fingerprint density at radius 1 is 1.21 bits per heavy atom. The van der Waals surface area contributed by atoms with E-state index in [1.165, 1.54) is 24.4 Å². The van der Waals surface area contributed by atoms with Gasteiger partial charge in [0.1, 0.15) is 0 Å². The molecule has 0 bridgehead atoms. The van der Waals surface area contributed by atoms with Gasteiger partial charge in [-0.05, 0) is 38.5 Å². The highest BCUT2D eigenvalue weighted by atomic mass is 32.2. The van der Waals surface area contributed by atoms with Crippen LogP contribution in [0.4, 0.5) is 0 Å². The average molecular weight is 350 g/mol. The summed E-state index contributed by atoms with van der Waals surface area (Å²) in [6, 6.07) is 6.85. The van der Waals surface area contributed by atoms with Crippen LogP contribution >= 0.6 is 0 Å². The number of aromatic nitrogens is 1. The van der Waals surface area contributed by atoms with Crippen molar-refractivity contribution in [2.75, 3.05) is 0 Å². The zero-order valence-corrected chi connectivity index (χ0v) is 14.3. The van der Waals surface area contributed by atoms with E-state index < -0.39 is 27.1 Å². The monoisotopic (exact) mass is 350 g/mol. The molecule has 3 N–H and O–H groups in total. The van der Waals surface area contributed by atoms with Gasteiger partial charge in [-0.2, -0.15) is 0 Å². The number of carboxylic acids is 1. The molecule has 0 aliphatic rings. The fourth-order valence-corrected chi connectivity index (χ4v) is 3.64. The Labute approximate surface area is 139 Å². The molecule has 0 spiro atoms. The summed E-state index contributed by atoms with van der Waals surface area (Å²) in [7, 11) is -3.76. The van der Waals surface area contributed by atoms with Crippen molar-refractivity contribution in [3.8, 4) is 11.1 Å². The maximum absolute atomic E-state index is 12.4. The molecule has 0 atom stereocenters. The van der Waals surface area contributed by atoms with Crippen LogP contribution < -0.4 is 10.3 Å². The number of hydrogen-bond donors (Lipinski definition) is 3. The highest BCUT2D eigenvalue weighted by Crippen LogP contribution is 2.25. The topological polar surface area (TPSA) is 116 Å². The minimum Gasteiger partial charge on any atom is -0.478 e. The first-order valence-electron chi connectivity index (χ1n) is 7.10. The van der Waals surface area contributed by atoms with Crippen molar-refractivity contribution < 1.29 is 18.3 Å². The Hall–Kier alpha value is -2.45. The Kier molecular flexibility index (Phi) is 4.63. The molecule has 128 valence electrons. The zero-order chi connectivity index (χ0) is 18.1. The van der Waals surface area contributed by atoms with E-state index in [0.717, 1.165) is 6.07 Å². The van der Waals surface area contributed by atoms with Gasteiger partial charge >= 0.3 is 5.97 Å². The van der Waals surface area contributed by atoms with Gasteiger partial charge in [-0.15, -0.1) is 0 Å². The Balaban J connectivity index is 2.57. The summed E-state index contributed by atoms with van der Waals surface area (Å²) in [5.74, 6) is -1.27. The van der Waals surface area contributed by atoms with Gasteiger partial charge in [0.05, 0.1) is 10.5 Å². The van der Waals surface area contributed by atoms with E-state index in [-0.39, 0.29) is 16.0 Å². The van der Waals surface area contributed by atoms with Crippen molar-refractivity contribution >= 4 is 16.0 Å². The van der Waals surface area contributed by atoms with Gasteiger partial charge in [-0.1, -0.05) is 12.1 Å². The lowest BCUT2D eigenvalue weighted by atomic mass is 10.0. The lowest BCUT2D eigenvalue weighted by molar-refractivity contribution is 0.0697. The molecule has 0 saturated carbocycles. The summed E-state index contributed by atoms with van der Waals surface area (Å²) in [5, 5.41) is 9.25. The Morgan fingerprint density at radius 2 is 1.88 bits per heavy atom. The van der Waals surface area contributed by atoms with E-state index in [1.807, 2.05) is 0 Å². The lowest BCUT2D eigenvalue weighted by Crippen LogP contribution is -2.40. The van der Waals surface area contributed by atoms with E-state index in [1.54, 1.807) is 26.8 Å². The van der Waals surface area contributed by atoms with Gasteiger partial charge in [0.2, 0.25) is 15.6 Å². The molecule has 2 aromatic rings. The van der Waals surface area contributed by atoms with E-state index in [0.29, 0.717) is 5.56 Å². The molecule has 0 unspecified atom stereocenters. The molecule has 0 saturated heterocycles. The summed E-state index contributed by atoms with van der Waals surface area (Å²) in [6.07, 6.45) is 1.26. The van der Waals surface area contributed by atoms with Crippen LogP contribution in [0, 0.1) is 0 Å². The first-order valence-corrected chi connectivity index (χ1v) is 8.58. The van der Waals surface area contributed by atoms with E-state index in [2.05, 4.69) is 9.71 Å². The lowest BCUT2D eigenvalue weighted by Gasteiger charge is -2.20. The fourth-order valence-electron chi connectivity index (χ4n) is 2.18. The van der Waals surface area contributed by atoms with Gasteiger partial charge in [0, 0.05) is 23.4 Å². The molecule has 8 heteroatoms. The van der Waals surface area contributed by atoms with Crippen LogP contribution in [0.3, 0.4) is 0 Å². The molecule has 1 aromatic heterocycles. The second kappa shape index (κ2) is 6.21. The molecule has 0 radical (unpaired) electrons. The van der Waals surface area contributed by atoms with Crippen LogP contribution in [-0.4, -0.2) is 30.0 Å². The number of nitrogens with one attached hydrogen (secondary N) is 2. The van der Waals surface area contributed by atoms with Crippen LogP contribution in [-0.2, 0) is 10.0 Å². The summed E-state index contributed by atoms with van der Waals surface area (Å²) in [5.41, 5.74) is -0.791. The number of aromatic carboxylic acids is 1. The van der Waals surface area contributed by atoms with Gasteiger partial charge < -0.3 is 10.1 Å². The minimum atomic E-state index is -3.76. The Morgan fingerprint density at radius 3 is 2.46 bits per heavy atom. The molecule has 0 fully saturated rings. The van der Waals surface area contributed by atoms with E-state index in [9.17, 15) is 23.1 Å². The van der Waals surface area contributed by atoms with Crippen LogP contribution in [0.2, 0.25) is 0 Å². The number of H-pyrrole nitrogens is 1. The smallest absolute Gasteiger partial charge is 0.336 e. The van der Waals surface area contributed by atoms with Crippen molar-refractivity contribution in [3.05, 3.63) is 52.4 Å². The normalized spacial score (nSPS) is 12.1. The maximum atomic E-state index is 12.4. The largest absolute Gasteiger partial charge is 0.478 e. The van der Waals surface area contributed by atoms with Crippen LogP contribution in [0.5, 0.6) is 0 Å². The quantitative estimate of drug-likeness (QED) is 0.778. The van der Waals surface area contributed by atoms with E-state index in [4.69, 9.17) is 0 Å². The van der Waals surface area contributed by atoms with Crippen LogP contribution in [0.1, 0.15) is 31.1 Å². The molecule has 1 aromatic carbocycles. The van der Waals surface area contributed by atoms with Crippen molar-refractivity contribution in [3.63, 3.8) is 0 Å². The third-order valence-electron chi connectivity index (χ3n) is 3.05. The molecular formula is C16H18N2O5S. The summed E-state index contributed by atoms with van der Waals surface area (Å²) >= 11 is 0. The number of aromatic amines is 1. The number of hydrogen-bond acceptors (Lipinski definition) is 4. The first kappa shape index (κ1) is 17.9. The SMILES string of the molecule is CC(C)(C)NS(=O)(=O)c1cccc(-c2c[nH]c(=O)cc2C(=O)O)c1. The average Bonchev–Trinajstić information content (AvgIpc) is 2.44. The van der Waals surface area contributed by atoms with Gasteiger partial charge in [0.15, 0.2) is 0 Å². The van der Waals surface area contributed by atoms with Gasteiger partial charge in [-0.3, -0.25) is 4.79 Å². The maximum Gasteiger partial charge on any atom is 0.336 e. The molecule has 0 aliphatic heterocycles. The zero-order valence-electron chi connectivity index (χ0n) is 13.5.